The van der Waals surface area contributed by atoms with Crippen molar-refractivity contribution in [2.24, 2.45) is 0 Å². The van der Waals surface area contributed by atoms with Gasteiger partial charge in [0.2, 0.25) is 0 Å². The summed E-state index contributed by atoms with van der Waals surface area (Å²) in [6.45, 7) is 12.5. The number of rotatable bonds is 2. The van der Waals surface area contributed by atoms with Crippen LogP contribution in [-0.2, 0) is 17.0 Å². The molecule has 0 bridgehead atoms. The smallest absolute Gasteiger partial charge is 0.416 e. The quantitative estimate of drug-likeness (QED) is 0.334. The van der Waals surface area contributed by atoms with E-state index >= 15 is 0 Å². The molecule has 34 heavy (non-hydrogen) atoms. The summed E-state index contributed by atoms with van der Waals surface area (Å²) < 4.78 is 38.7. The summed E-state index contributed by atoms with van der Waals surface area (Å²) in [7, 11) is 0. The monoisotopic (exact) mass is 467 g/mol. The molecule has 0 radical (unpaired) electrons. The van der Waals surface area contributed by atoms with Crippen molar-refractivity contribution in [2.75, 3.05) is 0 Å². The molecule has 0 saturated heterocycles. The van der Waals surface area contributed by atoms with Crippen molar-refractivity contribution >= 4 is 11.0 Å². The summed E-state index contributed by atoms with van der Waals surface area (Å²) >= 11 is 0. The van der Waals surface area contributed by atoms with Gasteiger partial charge in [-0.05, 0) is 57.9 Å². The Morgan fingerprint density at radius 3 is 1.82 bits per heavy atom. The normalized spacial score (nSPS) is 13.0. The van der Waals surface area contributed by atoms with Crippen LogP contribution in [0.1, 0.15) is 58.2 Å². The predicted molar refractivity (Wildman–Crippen MR) is 128 cm³/mol. The summed E-state index contributed by atoms with van der Waals surface area (Å²) in [5.74, 6) is 0.128. The molecule has 0 atom stereocenters. The van der Waals surface area contributed by atoms with Crippen molar-refractivity contribution < 1.29 is 18.3 Å². The highest BCUT2D eigenvalue weighted by atomic mass is 19.4. The molecule has 0 amide bonds. The maximum Gasteiger partial charge on any atom is 0.416 e. The summed E-state index contributed by atoms with van der Waals surface area (Å²) in [6.07, 6.45) is -4.37. The highest BCUT2D eigenvalue weighted by Gasteiger charge is 2.30. The first-order valence-electron chi connectivity index (χ1n) is 11.1. The molecule has 0 unspecified atom stereocenters. The molecule has 0 aliphatic heterocycles. The van der Waals surface area contributed by atoms with Crippen LogP contribution in [0.25, 0.3) is 27.8 Å². The molecule has 0 spiro atoms. The van der Waals surface area contributed by atoms with Gasteiger partial charge in [-0.3, -0.25) is 0 Å². The predicted octanol–water partition coefficient (Wildman–Crippen LogP) is 7.41. The minimum absolute atomic E-state index is 0.128. The van der Waals surface area contributed by atoms with Crippen LogP contribution >= 0.6 is 0 Å². The van der Waals surface area contributed by atoms with Crippen molar-refractivity contribution in [3.8, 4) is 22.6 Å². The SMILES string of the molecule is CC(C)(C)c1cc(-n2nc3ccc(-c4ccc(C(F)(F)F)cc4)cc3n2)c(O)c(C(C)(C)C)c1. The van der Waals surface area contributed by atoms with E-state index in [2.05, 4.69) is 31.0 Å². The fourth-order valence-corrected chi connectivity index (χ4v) is 3.83. The second-order valence-corrected chi connectivity index (χ2v) is 10.7. The number of aromatic nitrogens is 3. The molecule has 178 valence electrons. The Kier molecular flexibility index (Phi) is 5.50. The highest BCUT2D eigenvalue weighted by Crippen LogP contribution is 2.39. The van der Waals surface area contributed by atoms with Gasteiger partial charge in [0.05, 0.1) is 5.56 Å². The van der Waals surface area contributed by atoms with E-state index in [4.69, 9.17) is 0 Å². The molecular formula is C27H28F3N3O. The number of alkyl halides is 3. The number of hydrogen-bond acceptors (Lipinski definition) is 3. The van der Waals surface area contributed by atoms with E-state index in [9.17, 15) is 18.3 Å². The first-order valence-corrected chi connectivity index (χ1v) is 11.1. The zero-order valence-electron chi connectivity index (χ0n) is 20.1. The van der Waals surface area contributed by atoms with E-state index < -0.39 is 11.7 Å². The van der Waals surface area contributed by atoms with Crippen LogP contribution in [0.2, 0.25) is 0 Å². The van der Waals surface area contributed by atoms with Gasteiger partial charge in [-0.15, -0.1) is 15.0 Å². The van der Waals surface area contributed by atoms with Crippen molar-refractivity contribution in [3.05, 3.63) is 71.3 Å². The Morgan fingerprint density at radius 2 is 1.26 bits per heavy atom. The Hall–Kier alpha value is -3.35. The topological polar surface area (TPSA) is 50.9 Å². The number of aromatic hydroxyl groups is 1. The van der Waals surface area contributed by atoms with Crippen LogP contribution < -0.4 is 0 Å². The number of phenols is 1. The first kappa shape index (κ1) is 23.8. The Bertz CT molecular complexity index is 1360. The molecule has 1 heterocycles. The van der Waals surface area contributed by atoms with Crippen molar-refractivity contribution in [3.63, 3.8) is 0 Å². The van der Waals surface area contributed by atoms with Crippen LogP contribution in [0.4, 0.5) is 13.2 Å². The van der Waals surface area contributed by atoms with E-state index in [-0.39, 0.29) is 16.6 Å². The average molecular weight is 468 g/mol. The molecule has 3 aromatic carbocycles. The van der Waals surface area contributed by atoms with Gasteiger partial charge in [-0.25, -0.2) is 0 Å². The van der Waals surface area contributed by atoms with Crippen molar-refractivity contribution in [2.45, 2.75) is 58.5 Å². The number of hydrogen-bond donors (Lipinski definition) is 1. The van der Waals surface area contributed by atoms with Gasteiger partial charge in [0.25, 0.3) is 0 Å². The van der Waals surface area contributed by atoms with E-state index in [0.29, 0.717) is 22.3 Å². The van der Waals surface area contributed by atoms with Crippen LogP contribution in [0.3, 0.4) is 0 Å². The van der Waals surface area contributed by atoms with E-state index in [1.807, 2.05) is 32.9 Å². The number of nitrogens with zero attached hydrogens (tertiary/aromatic N) is 3. The van der Waals surface area contributed by atoms with Crippen LogP contribution in [-0.4, -0.2) is 20.1 Å². The second kappa shape index (κ2) is 7.86. The van der Waals surface area contributed by atoms with Gasteiger partial charge in [0.15, 0.2) is 0 Å². The molecule has 0 aliphatic rings. The molecule has 1 aromatic heterocycles. The van der Waals surface area contributed by atoms with Gasteiger partial charge in [-0.1, -0.05) is 65.8 Å². The van der Waals surface area contributed by atoms with Gasteiger partial charge < -0.3 is 5.11 Å². The third-order valence-electron chi connectivity index (χ3n) is 5.91. The summed E-state index contributed by atoms with van der Waals surface area (Å²) in [5.41, 5.74) is 3.81. The number of phenolic OH excluding ortho intramolecular Hbond substituents is 1. The molecule has 7 heteroatoms. The maximum absolute atomic E-state index is 12.9. The molecule has 1 N–H and O–H groups in total. The number of fused-ring (bicyclic) bond motifs is 1. The van der Waals surface area contributed by atoms with E-state index in [0.717, 1.165) is 28.8 Å². The van der Waals surface area contributed by atoms with Gasteiger partial charge in [0.1, 0.15) is 22.5 Å². The lowest BCUT2D eigenvalue weighted by molar-refractivity contribution is -0.137. The average Bonchev–Trinajstić information content (AvgIpc) is 3.14. The van der Waals surface area contributed by atoms with Gasteiger partial charge >= 0.3 is 6.18 Å². The Morgan fingerprint density at radius 1 is 0.676 bits per heavy atom. The Labute approximate surface area is 197 Å². The van der Waals surface area contributed by atoms with Crippen molar-refractivity contribution in [1.82, 2.24) is 15.0 Å². The lowest BCUT2D eigenvalue weighted by Gasteiger charge is -2.27. The fraction of sp³-hybridized carbons (Fsp3) is 0.333. The van der Waals surface area contributed by atoms with Gasteiger partial charge in [0, 0.05) is 5.56 Å². The Balaban J connectivity index is 1.81. The number of benzene rings is 3. The summed E-state index contributed by atoms with van der Waals surface area (Å²) in [6, 6.07) is 14.3. The van der Waals surface area contributed by atoms with E-state index in [1.54, 1.807) is 18.2 Å². The van der Waals surface area contributed by atoms with Crippen molar-refractivity contribution in [1.29, 1.82) is 0 Å². The highest BCUT2D eigenvalue weighted by molar-refractivity contribution is 5.81. The lowest BCUT2D eigenvalue weighted by atomic mass is 9.80. The fourth-order valence-electron chi connectivity index (χ4n) is 3.83. The number of halogens is 3. The van der Waals surface area contributed by atoms with E-state index in [1.165, 1.54) is 16.9 Å². The molecule has 4 nitrogen and oxygen atoms in total. The maximum atomic E-state index is 12.9. The summed E-state index contributed by atoms with van der Waals surface area (Å²) in [4.78, 5) is 1.43. The third-order valence-corrected chi connectivity index (χ3v) is 5.91. The minimum Gasteiger partial charge on any atom is -0.505 e. The molecule has 4 aromatic rings. The molecule has 0 aliphatic carbocycles. The zero-order chi connectivity index (χ0) is 25.1. The molecule has 4 rings (SSSR count). The lowest BCUT2D eigenvalue weighted by Crippen LogP contribution is -2.18. The molecular weight excluding hydrogens is 439 g/mol. The molecule has 0 saturated carbocycles. The van der Waals surface area contributed by atoms with Crippen LogP contribution in [0.5, 0.6) is 5.75 Å². The standard InChI is InChI=1S/C27H28F3N3O/c1-25(2,3)19-14-20(26(4,5)6)24(34)23(15-19)33-31-21-12-9-17(13-22(21)32-33)16-7-10-18(11-8-16)27(28,29)30/h7-15,34H,1-6H3. The molecule has 0 fully saturated rings. The zero-order valence-corrected chi connectivity index (χ0v) is 20.1. The van der Waals surface area contributed by atoms with Crippen LogP contribution in [0.15, 0.2) is 54.6 Å². The minimum atomic E-state index is -4.37. The largest absolute Gasteiger partial charge is 0.505 e. The summed E-state index contributed by atoms with van der Waals surface area (Å²) in [5, 5.41) is 20.3. The van der Waals surface area contributed by atoms with Crippen LogP contribution in [0, 0.1) is 0 Å². The first-order chi connectivity index (χ1) is 15.6. The van der Waals surface area contributed by atoms with Gasteiger partial charge in [-0.2, -0.15) is 13.2 Å². The third kappa shape index (κ3) is 4.52. The second-order valence-electron chi connectivity index (χ2n) is 10.7.